The van der Waals surface area contributed by atoms with Crippen LogP contribution in [0, 0.1) is 12.8 Å². The summed E-state index contributed by atoms with van der Waals surface area (Å²) in [6.07, 6.45) is 5.95. The zero-order valence-electron chi connectivity index (χ0n) is 21.4. The molecule has 3 aliphatic rings. The van der Waals surface area contributed by atoms with Crippen molar-refractivity contribution >= 4 is 34.3 Å². The Morgan fingerprint density at radius 2 is 1.92 bits per heavy atom. The normalized spacial score (nSPS) is 19.5. The highest BCUT2D eigenvalue weighted by molar-refractivity contribution is 6.31. The van der Waals surface area contributed by atoms with E-state index in [1.165, 1.54) is 22.7 Å². The summed E-state index contributed by atoms with van der Waals surface area (Å²) in [4.78, 5) is 29.2. The lowest BCUT2D eigenvalue weighted by Crippen LogP contribution is -2.61. The summed E-state index contributed by atoms with van der Waals surface area (Å²) in [5.41, 5.74) is 4.87. The Hall–Kier alpha value is -2.35. The highest BCUT2D eigenvalue weighted by Crippen LogP contribution is 2.46. The van der Waals surface area contributed by atoms with Gasteiger partial charge in [0.05, 0.1) is 11.6 Å². The number of hydrogen-bond acceptors (Lipinski definition) is 4. The molecule has 2 aromatic rings. The zero-order chi connectivity index (χ0) is 25.4. The van der Waals surface area contributed by atoms with Crippen molar-refractivity contribution in [2.45, 2.75) is 57.7 Å². The quantitative estimate of drug-likeness (QED) is 0.518. The van der Waals surface area contributed by atoms with Crippen LogP contribution >= 0.6 is 11.6 Å². The molecule has 7 nitrogen and oxygen atoms in total. The zero-order valence-corrected chi connectivity index (χ0v) is 22.1. The molecule has 1 aliphatic carbocycles. The van der Waals surface area contributed by atoms with Crippen LogP contribution in [0.5, 0.6) is 0 Å². The van der Waals surface area contributed by atoms with E-state index in [0.717, 1.165) is 68.0 Å². The third-order valence-corrected chi connectivity index (χ3v) is 8.17. The fourth-order valence-corrected chi connectivity index (χ4v) is 6.24. The fourth-order valence-electron chi connectivity index (χ4n) is 5.97. The van der Waals surface area contributed by atoms with Crippen LogP contribution in [0.15, 0.2) is 24.8 Å². The number of ether oxygens (including phenoxy) is 1. The predicted molar refractivity (Wildman–Crippen MR) is 142 cm³/mol. The molecule has 5 rings (SSSR count). The number of carbonyl (C=O) groups excluding carboxylic acids is 2. The van der Waals surface area contributed by atoms with Gasteiger partial charge in [0.1, 0.15) is 6.54 Å². The molecule has 0 unspecified atom stereocenters. The molecule has 1 aromatic heterocycles. The fraction of sp³-hybridized carbons (Fsp3) is 0.571. The van der Waals surface area contributed by atoms with E-state index in [2.05, 4.69) is 34.4 Å². The van der Waals surface area contributed by atoms with Crippen LogP contribution in [0.1, 0.15) is 48.4 Å². The molecule has 3 fully saturated rings. The molecule has 2 amide bonds. The first-order valence-electron chi connectivity index (χ1n) is 13.1. The molecule has 1 N–H and O–H groups in total. The summed E-state index contributed by atoms with van der Waals surface area (Å²) in [5.74, 6) is 1.04. The lowest BCUT2D eigenvalue weighted by molar-refractivity contribution is -0.133. The second-order valence-corrected chi connectivity index (χ2v) is 11.2. The average molecular weight is 513 g/mol. The first-order valence-corrected chi connectivity index (χ1v) is 13.5. The number of amides is 2. The van der Waals surface area contributed by atoms with Crippen molar-refractivity contribution in [1.82, 2.24) is 19.7 Å². The van der Waals surface area contributed by atoms with Gasteiger partial charge in [0.2, 0.25) is 11.8 Å². The van der Waals surface area contributed by atoms with Gasteiger partial charge in [-0.3, -0.25) is 14.5 Å². The molecular formula is C28H37ClN4O3. The Balaban J connectivity index is 1.39. The van der Waals surface area contributed by atoms with E-state index >= 15 is 0 Å². The van der Waals surface area contributed by atoms with E-state index in [0.29, 0.717) is 24.9 Å². The maximum Gasteiger partial charge on any atom is 0.246 e. The van der Waals surface area contributed by atoms with E-state index < -0.39 is 0 Å². The number of halogens is 1. The number of likely N-dealkylation sites (tertiary alicyclic amines) is 2. The summed E-state index contributed by atoms with van der Waals surface area (Å²) in [7, 11) is 1.78. The second kappa shape index (κ2) is 10.6. The van der Waals surface area contributed by atoms with Crippen molar-refractivity contribution in [2.75, 3.05) is 39.9 Å². The summed E-state index contributed by atoms with van der Waals surface area (Å²) < 4.78 is 7.64. The molecule has 36 heavy (non-hydrogen) atoms. The molecule has 0 bridgehead atoms. The molecule has 2 aliphatic heterocycles. The van der Waals surface area contributed by atoms with Crippen LogP contribution in [0.25, 0.3) is 10.9 Å². The van der Waals surface area contributed by atoms with Gasteiger partial charge in [-0.05, 0) is 86.9 Å². The van der Waals surface area contributed by atoms with Crippen molar-refractivity contribution in [3.8, 4) is 0 Å². The average Bonchev–Trinajstić information content (AvgIpc) is 3.61. The van der Waals surface area contributed by atoms with Crippen LogP contribution in [0.2, 0.25) is 5.02 Å². The molecule has 0 spiro atoms. The number of benzene rings is 1. The summed E-state index contributed by atoms with van der Waals surface area (Å²) in [6, 6.07) is 4.08. The molecule has 2 saturated heterocycles. The van der Waals surface area contributed by atoms with Gasteiger partial charge in [0.15, 0.2) is 0 Å². The van der Waals surface area contributed by atoms with Gasteiger partial charge in [0.25, 0.3) is 0 Å². The van der Waals surface area contributed by atoms with Gasteiger partial charge in [-0.15, -0.1) is 0 Å². The van der Waals surface area contributed by atoms with Gasteiger partial charge in [-0.25, -0.2) is 0 Å². The van der Waals surface area contributed by atoms with Gasteiger partial charge >= 0.3 is 0 Å². The van der Waals surface area contributed by atoms with E-state index in [4.69, 9.17) is 16.3 Å². The maximum absolute atomic E-state index is 13.2. The minimum absolute atomic E-state index is 0.00370. The first-order chi connectivity index (χ1) is 17.4. The van der Waals surface area contributed by atoms with Crippen molar-refractivity contribution in [1.29, 1.82) is 0 Å². The third kappa shape index (κ3) is 5.20. The lowest BCUT2D eigenvalue weighted by Gasteiger charge is -2.39. The van der Waals surface area contributed by atoms with Crippen molar-refractivity contribution in [2.24, 2.45) is 5.92 Å². The smallest absolute Gasteiger partial charge is 0.246 e. The van der Waals surface area contributed by atoms with Gasteiger partial charge in [-0.1, -0.05) is 18.2 Å². The molecule has 194 valence electrons. The van der Waals surface area contributed by atoms with Crippen molar-refractivity contribution in [3.63, 3.8) is 0 Å². The third-order valence-electron chi connectivity index (χ3n) is 7.95. The number of rotatable bonds is 9. The van der Waals surface area contributed by atoms with Crippen LogP contribution in [-0.4, -0.2) is 72.1 Å². The number of nitrogens with one attached hydrogen (secondary N) is 1. The van der Waals surface area contributed by atoms with E-state index in [1.54, 1.807) is 12.0 Å². The number of aryl methyl sites for hydroxylation is 1. The largest absolute Gasteiger partial charge is 0.384 e. The molecule has 0 atom stereocenters. The Kier molecular flexibility index (Phi) is 7.42. The van der Waals surface area contributed by atoms with Crippen LogP contribution < -0.4 is 5.32 Å². The molecule has 3 heterocycles. The SMILES string of the molecule is C=CC(=O)N1CC(NC(=O)Cn2c(C3CC3)c(CN3CCC(COC)CC3)c3cc(Cl)cc(C)c32)C1. The summed E-state index contributed by atoms with van der Waals surface area (Å²) in [5, 5.41) is 5.05. The lowest BCUT2D eigenvalue weighted by atomic mass is 9.97. The number of methoxy groups -OCH3 is 1. The standard InChI is InChI=1S/C28H37ClN4O3/c1-4-26(35)32-13-22(14-32)30-25(34)16-33-27-18(2)11-21(29)12-23(27)24(28(33)20-5-6-20)15-31-9-7-19(8-10-31)17-36-3/h4,11-12,19-20,22H,1,5-10,13-17H2,2-3H3,(H,30,34). The number of aromatic nitrogens is 1. The predicted octanol–water partition coefficient (Wildman–Crippen LogP) is 3.85. The minimum atomic E-state index is -0.0867. The van der Waals surface area contributed by atoms with Gasteiger partial charge in [0, 0.05) is 49.5 Å². The van der Waals surface area contributed by atoms with E-state index in [1.807, 2.05) is 6.07 Å². The maximum atomic E-state index is 13.2. The number of nitrogens with zero attached hydrogens (tertiary/aromatic N) is 3. The molecule has 8 heteroatoms. The summed E-state index contributed by atoms with van der Waals surface area (Å²) in [6.45, 7) is 10.8. The monoisotopic (exact) mass is 512 g/mol. The molecular weight excluding hydrogens is 476 g/mol. The summed E-state index contributed by atoms with van der Waals surface area (Å²) >= 11 is 6.55. The number of hydrogen-bond donors (Lipinski definition) is 1. The minimum Gasteiger partial charge on any atom is -0.384 e. The first kappa shape index (κ1) is 25.3. The van der Waals surface area contributed by atoms with Crippen LogP contribution in [0.3, 0.4) is 0 Å². The topological polar surface area (TPSA) is 66.8 Å². The highest BCUT2D eigenvalue weighted by atomic mass is 35.5. The van der Waals surface area contributed by atoms with Crippen molar-refractivity contribution in [3.05, 3.63) is 46.6 Å². The van der Waals surface area contributed by atoms with Crippen LogP contribution in [-0.2, 0) is 27.4 Å². The molecule has 0 radical (unpaired) electrons. The molecule has 1 saturated carbocycles. The Bertz CT molecular complexity index is 1160. The molecule has 1 aromatic carbocycles. The van der Waals surface area contributed by atoms with Gasteiger partial charge in [-0.2, -0.15) is 0 Å². The number of carbonyl (C=O) groups is 2. The Morgan fingerprint density at radius 3 is 2.56 bits per heavy atom. The van der Waals surface area contributed by atoms with E-state index in [-0.39, 0.29) is 24.4 Å². The Morgan fingerprint density at radius 1 is 1.19 bits per heavy atom. The van der Waals surface area contributed by atoms with Crippen LogP contribution in [0.4, 0.5) is 0 Å². The van der Waals surface area contributed by atoms with Crippen molar-refractivity contribution < 1.29 is 14.3 Å². The van der Waals surface area contributed by atoms with Gasteiger partial charge < -0.3 is 19.5 Å². The van der Waals surface area contributed by atoms with E-state index in [9.17, 15) is 9.59 Å². The number of fused-ring (bicyclic) bond motifs is 1. The second-order valence-electron chi connectivity index (χ2n) is 10.7. The number of piperidine rings is 1. The Labute approximate surface area is 218 Å². The highest BCUT2D eigenvalue weighted by Gasteiger charge is 2.35.